The zero-order valence-corrected chi connectivity index (χ0v) is 22.4. The number of nitrogens with zero attached hydrogens (tertiary/aromatic N) is 1. The van der Waals surface area contributed by atoms with Gasteiger partial charge >= 0.3 is 5.97 Å². The van der Waals surface area contributed by atoms with E-state index in [9.17, 15) is 9.90 Å². The van der Waals surface area contributed by atoms with Crippen LogP contribution in [0.4, 0.5) is 5.69 Å². The average molecular weight is 533 g/mol. The summed E-state index contributed by atoms with van der Waals surface area (Å²) in [6.07, 6.45) is 0. The second-order valence-corrected chi connectivity index (χ2v) is 10.3. The van der Waals surface area contributed by atoms with Crippen LogP contribution in [0.5, 0.6) is 28.7 Å². The van der Waals surface area contributed by atoms with E-state index in [0.29, 0.717) is 24.7 Å². The van der Waals surface area contributed by atoms with Crippen molar-refractivity contribution in [3.05, 3.63) is 70.8 Å². The zero-order chi connectivity index (χ0) is 27.3. The van der Waals surface area contributed by atoms with Crippen LogP contribution in [0.2, 0.25) is 0 Å². The lowest BCUT2D eigenvalue weighted by molar-refractivity contribution is -0.141. The molecule has 0 saturated carbocycles. The molecule has 0 aromatic heterocycles. The van der Waals surface area contributed by atoms with Crippen molar-refractivity contribution >= 4 is 11.7 Å². The predicted molar refractivity (Wildman–Crippen MR) is 144 cm³/mol. The molecule has 39 heavy (non-hydrogen) atoms. The van der Waals surface area contributed by atoms with Gasteiger partial charge in [-0.2, -0.15) is 0 Å². The number of benzene rings is 3. The molecule has 1 fully saturated rings. The van der Waals surface area contributed by atoms with Gasteiger partial charge in [0.1, 0.15) is 0 Å². The van der Waals surface area contributed by atoms with E-state index >= 15 is 0 Å². The molecule has 4 atom stereocenters. The van der Waals surface area contributed by atoms with Crippen molar-refractivity contribution in [2.24, 2.45) is 11.8 Å². The van der Waals surface area contributed by atoms with Crippen LogP contribution in [-0.4, -0.2) is 52.8 Å². The molecule has 9 nitrogen and oxygen atoms in total. The minimum Gasteiger partial charge on any atom is -0.502 e. The van der Waals surface area contributed by atoms with E-state index in [-0.39, 0.29) is 47.9 Å². The van der Waals surface area contributed by atoms with Gasteiger partial charge in [-0.15, -0.1) is 0 Å². The number of hydrogen-bond acceptors (Lipinski definition) is 9. The molecule has 0 amide bonds. The monoisotopic (exact) mass is 532 g/mol. The Kier molecular flexibility index (Phi) is 6.38. The smallest absolute Gasteiger partial charge is 0.310 e. The van der Waals surface area contributed by atoms with Gasteiger partial charge in [0.15, 0.2) is 23.0 Å². The number of aromatic hydroxyl groups is 1. The van der Waals surface area contributed by atoms with Crippen molar-refractivity contribution in [2.75, 3.05) is 46.6 Å². The summed E-state index contributed by atoms with van der Waals surface area (Å²) >= 11 is 0. The van der Waals surface area contributed by atoms with Crippen LogP contribution in [0, 0.1) is 11.8 Å². The van der Waals surface area contributed by atoms with Gasteiger partial charge < -0.3 is 39.0 Å². The lowest BCUT2D eigenvalue weighted by atomic mass is 9.65. The molecule has 1 saturated heterocycles. The Balaban J connectivity index is 1.44. The summed E-state index contributed by atoms with van der Waals surface area (Å²) in [7, 11) is 7.01. The molecule has 2 heterocycles. The molecule has 204 valence electrons. The second kappa shape index (κ2) is 9.89. The maximum atomic E-state index is 13.3. The number of carbonyl (C=O) groups is 1. The topological polar surface area (TPSA) is 98.7 Å². The number of methoxy groups -OCH3 is 2. The van der Waals surface area contributed by atoms with Crippen molar-refractivity contribution < 1.29 is 33.6 Å². The highest BCUT2D eigenvalue weighted by Gasteiger charge is 2.52. The number of fused-ring (bicyclic) bond motifs is 3. The lowest BCUT2D eigenvalue weighted by Crippen LogP contribution is -2.40. The normalized spacial score (nSPS) is 22.6. The van der Waals surface area contributed by atoms with Gasteiger partial charge in [-0.1, -0.05) is 12.1 Å². The molecular formula is C30H32N2O7. The summed E-state index contributed by atoms with van der Waals surface area (Å²) in [5, 5.41) is 14.3. The molecule has 0 spiro atoms. The number of hydrogen-bond donors (Lipinski definition) is 2. The van der Waals surface area contributed by atoms with Crippen LogP contribution >= 0.6 is 0 Å². The van der Waals surface area contributed by atoms with Gasteiger partial charge in [0.25, 0.3) is 0 Å². The van der Waals surface area contributed by atoms with Crippen LogP contribution in [-0.2, 0) is 16.1 Å². The fourth-order valence-electron chi connectivity index (χ4n) is 6.06. The van der Waals surface area contributed by atoms with Gasteiger partial charge in [0, 0.05) is 44.2 Å². The third kappa shape index (κ3) is 4.27. The molecule has 9 heteroatoms. The third-order valence-electron chi connectivity index (χ3n) is 8.03. The standard InChI is InChI=1S/C30H32N2O7/c1-32(2)18-7-5-16(6-8-18)13-31-28-20-12-23-22(38-15-39-23)11-19(20)26(27-21(28)14-37-30(27)34)17-9-24(35-3)29(33)25(10-17)36-4/h5-12,21,26-28,31,33H,13-15H2,1-4H3/t21-,26+,27-,28+/m1/s1. The first-order valence-corrected chi connectivity index (χ1v) is 12.9. The fraction of sp³-hybridized carbons (Fsp3) is 0.367. The van der Waals surface area contributed by atoms with Gasteiger partial charge in [-0.3, -0.25) is 4.79 Å². The Morgan fingerprint density at radius 2 is 1.59 bits per heavy atom. The molecule has 6 rings (SSSR count). The molecule has 1 aliphatic carbocycles. The van der Waals surface area contributed by atoms with Gasteiger partial charge in [0.2, 0.25) is 12.5 Å². The highest BCUT2D eigenvalue weighted by Crippen LogP contribution is 2.55. The number of cyclic esters (lactones) is 1. The van der Waals surface area contributed by atoms with E-state index in [1.165, 1.54) is 14.2 Å². The predicted octanol–water partition coefficient (Wildman–Crippen LogP) is 3.97. The van der Waals surface area contributed by atoms with Crippen molar-refractivity contribution in [1.29, 1.82) is 0 Å². The first-order chi connectivity index (χ1) is 18.9. The van der Waals surface area contributed by atoms with Crippen molar-refractivity contribution in [1.82, 2.24) is 5.32 Å². The lowest BCUT2D eigenvalue weighted by Gasteiger charge is -2.39. The number of phenolic OH excluding ortho intramolecular Hbond substituents is 1. The van der Waals surface area contributed by atoms with E-state index in [1.54, 1.807) is 12.1 Å². The summed E-state index contributed by atoms with van der Waals surface area (Å²) in [4.78, 5) is 15.4. The number of phenols is 1. The average Bonchev–Trinajstić information content (AvgIpc) is 3.56. The van der Waals surface area contributed by atoms with Crippen LogP contribution in [0.25, 0.3) is 0 Å². The highest BCUT2D eigenvalue weighted by molar-refractivity contribution is 5.79. The molecule has 3 aromatic rings. The summed E-state index contributed by atoms with van der Waals surface area (Å²) in [5.74, 6) is 0.589. The van der Waals surface area contributed by atoms with Crippen LogP contribution in [0.3, 0.4) is 0 Å². The fourth-order valence-corrected chi connectivity index (χ4v) is 6.06. The summed E-state index contributed by atoms with van der Waals surface area (Å²) < 4.78 is 28.1. The molecule has 0 unspecified atom stereocenters. The van der Waals surface area contributed by atoms with Gasteiger partial charge in [0.05, 0.1) is 26.7 Å². The van der Waals surface area contributed by atoms with E-state index < -0.39 is 5.92 Å². The molecule has 3 aromatic carbocycles. The van der Waals surface area contributed by atoms with Crippen LogP contribution < -0.4 is 29.2 Å². The Morgan fingerprint density at radius 3 is 2.21 bits per heavy atom. The molecule has 3 aliphatic rings. The van der Waals surface area contributed by atoms with Crippen LogP contribution in [0.1, 0.15) is 34.2 Å². The second-order valence-electron chi connectivity index (χ2n) is 10.3. The van der Waals surface area contributed by atoms with Crippen molar-refractivity contribution in [2.45, 2.75) is 18.5 Å². The molecule has 0 bridgehead atoms. The van der Waals surface area contributed by atoms with E-state index in [1.807, 2.05) is 26.2 Å². The quantitative estimate of drug-likeness (QED) is 0.438. The molecule has 2 N–H and O–H groups in total. The summed E-state index contributed by atoms with van der Waals surface area (Å²) in [6.45, 7) is 1.07. The van der Waals surface area contributed by atoms with E-state index in [0.717, 1.165) is 27.9 Å². The Morgan fingerprint density at radius 1 is 0.949 bits per heavy atom. The van der Waals surface area contributed by atoms with Gasteiger partial charge in [-0.25, -0.2) is 0 Å². The first kappa shape index (κ1) is 25.2. The Hall–Kier alpha value is -4.11. The molecular weight excluding hydrogens is 500 g/mol. The molecule has 0 radical (unpaired) electrons. The highest BCUT2D eigenvalue weighted by atomic mass is 16.7. The number of nitrogens with one attached hydrogen (secondary N) is 1. The number of anilines is 1. The maximum absolute atomic E-state index is 13.3. The first-order valence-electron chi connectivity index (χ1n) is 12.9. The van der Waals surface area contributed by atoms with Gasteiger partial charge in [-0.05, 0) is 58.7 Å². The Labute approximate surface area is 227 Å². The largest absolute Gasteiger partial charge is 0.502 e. The van der Waals surface area contributed by atoms with E-state index in [2.05, 4.69) is 34.5 Å². The number of ether oxygens (including phenoxy) is 5. The van der Waals surface area contributed by atoms with E-state index in [4.69, 9.17) is 23.7 Å². The van der Waals surface area contributed by atoms with Crippen LogP contribution in [0.15, 0.2) is 48.5 Å². The van der Waals surface area contributed by atoms with Crippen molar-refractivity contribution in [3.8, 4) is 28.7 Å². The number of esters is 1. The third-order valence-corrected chi connectivity index (χ3v) is 8.03. The summed E-state index contributed by atoms with van der Waals surface area (Å²) in [6, 6.07) is 15.8. The zero-order valence-electron chi connectivity index (χ0n) is 22.4. The number of carbonyl (C=O) groups excluding carboxylic acids is 1. The maximum Gasteiger partial charge on any atom is 0.310 e. The number of rotatable bonds is 7. The molecule has 2 aliphatic heterocycles. The van der Waals surface area contributed by atoms with Crippen molar-refractivity contribution in [3.63, 3.8) is 0 Å². The minimum atomic E-state index is -0.453. The minimum absolute atomic E-state index is 0.0872. The summed E-state index contributed by atoms with van der Waals surface area (Å²) in [5.41, 5.74) is 5.02. The Bertz CT molecular complexity index is 1380. The SMILES string of the molecule is COc1cc([C@H]2c3cc4c(cc3[C@H](NCc3ccc(N(C)C)cc3)[C@@H]3COC(=O)[C@@H]23)OCO4)cc(OC)c1O.